The lowest BCUT2D eigenvalue weighted by Gasteiger charge is -1.95. The average molecular weight is 231 g/mol. The molecule has 17 heavy (non-hydrogen) atoms. The molecule has 0 atom stereocenters. The largest absolute Gasteiger partial charge is 0.351 e. The van der Waals surface area contributed by atoms with Gasteiger partial charge in [-0.2, -0.15) is 5.10 Å². The van der Waals surface area contributed by atoms with E-state index in [0.717, 1.165) is 17.0 Å². The Balaban J connectivity index is 0.000000181. The molecule has 88 valence electrons. The minimum atomic E-state index is -0.0834. The maximum atomic E-state index is 11.0. The van der Waals surface area contributed by atoms with Crippen molar-refractivity contribution in [3.63, 3.8) is 0 Å². The van der Waals surface area contributed by atoms with E-state index < -0.39 is 0 Å². The summed E-state index contributed by atoms with van der Waals surface area (Å²) < 4.78 is 1.72. The van der Waals surface area contributed by atoms with Crippen LogP contribution in [0.1, 0.15) is 11.4 Å². The van der Waals surface area contributed by atoms with Crippen molar-refractivity contribution in [3.8, 4) is 0 Å². The Bertz CT molecular complexity index is 633. The molecule has 0 aromatic carbocycles. The van der Waals surface area contributed by atoms with E-state index in [4.69, 9.17) is 0 Å². The lowest BCUT2D eigenvalue weighted by atomic mass is 10.4. The number of rotatable bonds is 0. The Morgan fingerprint density at radius 2 is 2.12 bits per heavy atom. The molecule has 0 aliphatic rings. The molecule has 0 amide bonds. The molecular weight excluding hydrogens is 218 g/mol. The van der Waals surface area contributed by atoms with Gasteiger partial charge in [-0.3, -0.25) is 4.79 Å². The van der Waals surface area contributed by atoms with Gasteiger partial charge in [0.05, 0.1) is 12.0 Å². The molecule has 3 rings (SSSR count). The Morgan fingerprint density at radius 3 is 2.71 bits per heavy atom. The smallest absolute Gasteiger partial charge is 0.251 e. The Labute approximate surface area is 97.3 Å². The summed E-state index contributed by atoms with van der Waals surface area (Å²) in [6, 6.07) is 3.37. The Kier molecular flexibility index (Phi) is 3.04. The van der Waals surface area contributed by atoms with Gasteiger partial charge in [0.15, 0.2) is 0 Å². The number of hydrogen-bond acceptors (Lipinski definition) is 3. The molecule has 6 heteroatoms. The van der Waals surface area contributed by atoms with Crippen LogP contribution < -0.4 is 5.56 Å². The monoisotopic (exact) mass is 231 g/mol. The molecule has 0 bridgehead atoms. The number of H-pyrrole nitrogens is 2. The molecular formula is C11H13N5O. The van der Waals surface area contributed by atoms with E-state index in [0.29, 0.717) is 0 Å². The second-order valence-electron chi connectivity index (χ2n) is 3.62. The van der Waals surface area contributed by atoms with E-state index in [1.165, 1.54) is 6.07 Å². The second-order valence-corrected chi connectivity index (χ2v) is 3.62. The van der Waals surface area contributed by atoms with Crippen molar-refractivity contribution in [2.24, 2.45) is 0 Å². The number of fused-ring (bicyclic) bond motifs is 1. The van der Waals surface area contributed by atoms with Crippen molar-refractivity contribution in [3.05, 3.63) is 52.6 Å². The van der Waals surface area contributed by atoms with Crippen molar-refractivity contribution >= 4 is 5.65 Å². The van der Waals surface area contributed by atoms with E-state index in [2.05, 4.69) is 20.1 Å². The zero-order valence-electron chi connectivity index (χ0n) is 9.64. The summed E-state index contributed by atoms with van der Waals surface area (Å²) in [7, 11) is 0. The zero-order valence-corrected chi connectivity index (χ0v) is 9.64. The van der Waals surface area contributed by atoms with Gasteiger partial charge in [0.2, 0.25) is 0 Å². The van der Waals surface area contributed by atoms with Crippen LogP contribution in [-0.4, -0.2) is 24.6 Å². The van der Waals surface area contributed by atoms with Crippen molar-refractivity contribution in [1.29, 1.82) is 0 Å². The van der Waals surface area contributed by atoms with Gasteiger partial charge >= 0.3 is 0 Å². The maximum Gasteiger partial charge on any atom is 0.251 e. The fourth-order valence-electron chi connectivity index (χ4n) is 1.49. The summed E-state index contributed by atoms with van der Waals surface area (Å²) in [6.45, 7) is 3.75. The van der Waals surface area contributed by atoms with Crippen molar-refractivity contribution in [2.75, 3.05) is 0 Å². The molecule has 0 unspecified atom stereocenters. The molecule has 0 radical (unpaired) electrons. The van der Waals surface area contributed by atoms with E-state index in [-0.39, 0.29) is 5.56 Å². The number of aromatic nitrogens is 5. The molecule has 0 aliphatic carbocycles. The van der Waals surface area contributed by atoms with Crippen LogP contribution in [0.15, 0.2) is 35.6 Å². The molecule has 0 saturated heterocycles. The standard InChI is InChI=1S/C8H9N3O.C3H4N2/c1-5-3-7-9-8(12)4-6(2)11(7)10-5;1-2-5-3-4-1/h3-4H,1-2H3,(H,9,12);1-3H,(H,4,5). The highest BCUT2D eigenvalue weighted by Gasteiger charge is 2.00. The van der Waals surface area contributed by atoms with E-state index in [1.807, 2.05) is 19.9 Å². The van der Waals surface area contributed by atoms with Gasteiger partial charge in [-0.25, -0.2) is 9.50 Å². The van der Waals surface area contributed by atoms with Crippen molar-refractivity contribution in [2.45, 2.75) is 13.8 Å². The van der Waals surface area contributed by atoms with Crippen LogP contribution in [0, 0.1) is 13.8 Å². The highest BCUT2D eigenvalue weighted by atomic mass is 16.1. The molecule has 0 spiro atoms. The minimum Gasteiger partial charge on any atom is -0.351 e. The maximum absolute atomic E-state index is 11.0. The van der Waals surface area contributed by atoms with Crippen molar-refractivity contribution < 1.29 is 0 Å². The third kappa shape index (κ3) is 2.60. The van der Waals surface area contributed by atoms with Gasteiger partial charge in [-0.15, -0.1) is 0 Å². The summed E-state index contributed by atoms with van der Waals surface area (Å²) in [5.41, 5.74) is 2.42. The van der Waals surface area contributed by atoms with Crippen LogP contribution >= 0.6 is 0 Å². The number of imidazole rings is 1. The van der Waals surface area contributed by atoms with E-state index in [1.54, 1.807) is 23.2 Å². The predicted octanol–water partition coefficient (Wildman–Crippen LogP) is 1.05. The first kappa shape index (κ1) is 11.1. The summed E-state index contributed by atoms with van der Waals surface area (Å²) in [4.78, 5) is 20.1. The van der Waals surface area contributed by atoms with Gasteiger partial charge in [-0.05, 0) is 13.8 Å². The van der Waals surface area contributed by atoms with Crippen LogP contribution in [0.5, 0.6) is 0 Å². The van der Waals surface area contributed by atoms with Crippen LogP contribution in [-0.2, 0) is 0 Å². The van der Waals surface area contributed by atoms with E-state index >= 15 is 0 Å². The normalized spacial score (nSPS) is 10.0. The fraction of sp³-hybridized carbons (Fsp3) is 0.182. The molecule has 0 aliphatic heterocycles. The Hall–Kier alpha value is -2.37. The lowest BCUT2D eigenvalue weighted by molar-refractivity contribution is 0.871. The highest BCUT2D eigenvalue weighted by molar-refractivity contribution is 5.39. The average Bonchev–Trinajstić information content (AvgIpc) is 2.88. The SMILES string of the molecule is Cc1cc2[nH]c(=O)cc(C)n2n1.c1c[nH]cn1. The van der Waals surface area contributed by atoms with Crippen molar-refractivity contribution in [1.82, 2.24) is 24.6 Å². The first-order valence-electron chi connectivity index (χ1n) is 5.16. The number of aromatic amines is 2. The lowest BCUT2D eigenvalue weighted by Crippen LogP contribution is -2.09. The number of aryl methyl sites for hydroxylation is 2. The molecule has 3 aromatic rings. The zero-order chi connectivity index (χ0) is 12.3. The number of nitrogens with one attached hydrogen (secondary N) is 2. The van der Waals surface area contributed by atoms with Gasteiger partial charge < -0.3 is 9.97 Å². The third-order valence-corrected chi connectivity index (χ3v) is 2.16. The van der Waals surface area contributed by atoms with Crippen LogP contribution in [0.4, 0.5) is 0 Å². The molecule has 0 fully saturated rings. The topological polar surface area (TPSA) is 78.8 Å². The minimum absolute atomic E-state index is 0.0834. The first-order valence-corrected chi connectivity index (χ1v) is 5.16. The van der Waals surface area contributed by atoms with Crippen LogP contribution in [0.25, 0.3) is 5.65 Å². The highest BCUT2D eigenvalue weighted by Crippen LogP contribution is 2.02. The van der Waals surface area contributed by atoms with Gasteiger partial charge in [0.1, 0.15) is 5.65 Å². The van der Waals surface area contributed by atoms with E-state index in [9.17, 15) is 4.79 Å². The predicted molar refractivity (Wildman–Crippen MR) is 63.9 cm³/mol. The van der Waals surface area contributed by atoms with Gasteiger partial charge in [-0.1, -0.05) is 0 Å². The Morgan fingerprint density at radius 1 is 1.29 bits per heavy atom. The number of nitrogens with zero attached hydrogens (tertiary/aromatic N) is 3. The summed E-state index contributed by atoms with van der Waals surface area (Å²) in [5.74, 6) is 0. The molecule has 2 N–H and O–H groups in total. The first-order chi connectivity index (χ1) is 8.16. The second kappa shape index (κ2) is 4.65. The molecule has 3 aromatic heterocycles. The van der Waals surface area contributed by atoms with Crippen LogP contribution in [0.3, 0.4) is 0 Å². The summed E-state index contributed by atoms with van der Waals surface area (Å²) in [5, 5.41) is 4.20. The van der Waals surface area contributed by atoms with Crippen LogP contribution in [0.2, 0.25) is 0 Å². The molecule has 3 heterocycles. The fourth-order valence-corrected chi connectivity index (χ4v) is 1.49. The van der Waals surface area contributed by atoms with Gasteiger partial charge in [0.25, 0.3) is 5.56 Å². The quantitative estimate of drug-likeness (QED) is 0.607. The third-order valence-electron chi connectivity index (χ3n) is 2.16. The summed E-state index contributed by atoms with van der Waals surface area (Å²) >= 11 is 0. The molecule has 0 saturated carbocycles. The summed E-state index contributed by atoms with van der Waals surface area (Å²) in [6.07, 6.45) is 5.08. The number of hydrogen-bond donors (Lipinski definition) is 2. The van der Waals surface area contributed by atoms with Gasteiger partial charge in [0, 0.05) is 30.2 Å². The molecule has 6 nitrogen and oxygen atoms in total.